The van der Waals surface area contributed by atoms with Crippen LogP contribution in [0.4, 0.5) is 11.4 Å². The summed E-state index contributed by atoms with van der Waals surface area (Å²) in [5.74, 6) is -1.30. The molecule has 0 aliphatic carbocycles. The van der Waals surface area contributed by atoms with Crippen molar-refractivity contribution in [1.29, 1.82) is 0 Å². The van der Waals surface area contributed by atoms with Crippen LogP contribution in [0.5, 0.6) is 5.75 Å². The SMILES string of the molecule is CCOc1ccccc1NC(=O)[C@@H](OC(=O)c1ccccc1SCC(=O)Nc1c(C)n(C)n(-c2ccccc2)c1=O)c1ccccc1. The third-order valence-electron chi connectivity index (χ3n) is 7.29. The number of carbonyl (C=O) groups excluding carboxylic acids is 3. The smallest absolute Gasteiger partial charge is 0.340 e. The van der Waals surface area contributed by atoms with Crippen molar-refractivity contribution in [3.63, 3.8) is 0 Å². The Bertz CT molecular complexity index is 1940. The number of amides is 2. The molecule has 0 aliphatic rings. The van der Waals surface area contributed by atoms with Crippen molar-refractivity contribution in [2.75, 3.05) is 23.0 Å². The number of aromatic nitrogens is 2. The van der Waals surface area contributed by atoms with Gasteiger partial charge < -0.3 is 20.1 Å². The van der Waals surface area contributed by atoms with Gasteiger partial charge in [0.05, 0.1) is 35.0 Å². The predicted molar refractivity (Wildman–Crippen MR) is 182 cm³/mol. The lowest BCUT2D eigenvalue weighted by atomic mass is 10.1. The highest BCUT2D eigenvalue weighted by Gasteiger charge is 2.28. The largest absolute Gasteiger partial charge is 0.492 e. The van der Waals surface area contributed by atoms with Crippen LogP contribution in [-0.4, -0.2) is 39.5 Å². The molecule has 5 aromatic rings. The summed E-state index contributed by atoms with van der Waals surface area (Å²) >= 11 is 1.12. The van der Waals surface area contributed by atoms with Gasteiger partial charge in [0.15, 0.2) is 0 Å². The Hall–Kier alpha value is -5.55. The van der Waals surface area contributed by atoms with Gasteiger partial charge in [0.25, 0.3) is 11.5 Å². The van der Waals surface area contributed by atoms with Gasteiger partial charge in [0.1, 0.15) is 11.4 Å². The number of para-hydroxylation sites is 3. The van der Waals surface area contributed by atoms with Gasteiger partial charge in [-0.2, -0.15) is 0 Å². The molecule has 2 N–H and O–H groups in total. The highest BCUT2D eigenvalue weighted by Crippen LogP contribution is 2.29. The maximum absolute atomic E-state index is 13.6. The van der Waals surface area contributed by atoms with Crippen LogP contribution in [0.2, 0.25) is 0 Å². The second-order valence-electron chi connectivity index (χ2n) is 10.4. The molecule has 0 radical (unpaired) electrons. The Morgan fingerprint density at radius 3 is 2.19 bits per heavy atom. The highest BCUT2D eigenvalue weighted by molar-refractivity contribution is 8.00. The first kappa shape index (κ1) is 32.8. The number of thioether (sulfide) groups is 1. The molecule has 5 rings (SSSR count). The van der Waals surface area contributed by atoms with E-state index >= 15 is 0 Å². The van der Waals surface area contributed by atoms with E-state index in [-0.39, 0.29) is 22.6 Å². The predicted octanol–water partition coefficient (Wildman–Crippen LogP) is 6.15. The van der Waals surface area contributed by atoms with Crippen LogP contribution in [-0.2, 0) is 21.4 Å². The molecular formula is C36H34N4O6S. The van der Waals surface area contributed by atoms with Gasteiger partial charge in [-0.3, -0.25) is 19.1 Å². The topological polar surface area (TPSA) is 121 Å². The lowest BCUT2D eigenvalue weighted by molar-refractivity contribution is -0.125. The third kappa shape index (κ3) is 7.64. The molecule has 0 bridgehead atoms. The standard InChI is InChI=1S/C36H34N4O6S/c1-4-45-29-21-13-12-20-28(29)37-34(42)33(25-15-7-5-8-16-25)46-36(44)27-19-11-14-22-30(27)47-23-31(41)38-32-24(2)39(3)40(35(32)43)26-17-9-6-10-18-26/h5-22,33H,4,23H2,1-3H3,(H,37,42)(H,38,41)/t33-/m0/s1. The fraction of sp³-hybridized carbons (Fsp3) is 0.167. The second kappa shape index (κ2) is 15.2. The number of benzene rings is 4. The van der Waals surface area contributed by atoms with Crippen LogP contribution in [0.3, 0.4) is 0 Å². The van der Waals surface area contributed by atoms with E-state index in [0.717, 1.165) is 11.8 Å². The number of nitrogens with zero attached hydrogens (tertiary/aromatic N) is 2. The van der Waals surface area contributed by atoms with Gasteiger partial charge in [0.2, 0.25) is 12.0 Å². The van der Waals surface area contributed by atoms with Gasteiger partial charge in [0, 0.05) is 17.5 Å². The molecule has 240 valence electrons. The first-order valence-electron chi connectivity index (χ1n) is 14.9. The van der Waals surface area contributed by atoms with E-state index in [1.807, 2.05) is 37.3 Å². The van der Waals surface area contributed by atoms with Crippen molar-refractivity contribution >= 4 is 40.9 Å². The van der Waals surface area contributed by atoms with Crippen molar-refractivity contribution in [3.05, 3.63) is 136 Å². The Kier molecular flexibility index (Phi) is 10.6. The minimum absolute atomic E-state index is 0.0831. The van der Waals surface area contributed by atoms with Crippen molar-refractivity contribution in [3.8, 4) is 11.4 Å². The van der Waals surface area contributed by atoms with Crippen molar-refractivity contribution in [1.82, 2.24) is 9.36 Å². The zero-order valence-electron chi connectivity index (χ0n) is 26.1. The molecule has 1 heterocycles. The fourth-order valence-electron chi connectivity index (χ4n) is 4.91. The normalized spacial score (nSPS) is 11.4. The van der Waals surface area contributed by atoms with Gasteiger partial charge in [-0.15, -0.1) is 11.8 Å². The molecule has 0 saturated heterocycles. The van der Waals surface area contributed by atoms with E-state index in [1.165, 1.54) is 4.68 Å². The van der Waals surface area contributed by atoms with Crippen molar-refractivity contribution in [2.45, 2.75) is 24.8 Å². The van der Waals surface area contributed by atoms with Crippen LogP contribution in [0, 0.1) is 6.92 Å². The molecule has 47 heavy (non-hydrogen) atoms. The molecule has 0 unspecified atom stereocenters. The summed E-state index contributed by atoms with van der Waals surface area (Å²) < 4.78 is 14.6. The summed E-state index contributed by atoms with van der Waals surface area (Å²) in [7, 11) is 1.75. The zero-order chi connectivity index (χ0) is 33.3. The Morgan fingerprint density at radius 1 is 0.830 bits per heavy atom. The molecule has 10 nitrogen and oxygen atoms in total. The number of esters is 1. The lowest BCUT2D eigenvalue weighted by Gasteiger charge is -2.20. The minimum Gasteiger partial charge on any atom is -0.492 e. The maximum Gasteiger partial charge on any atom is 0.340 e. The Labute approximate surface area is 276 Å². The highest BCUT2D eigenvalue weighted by atomic mass is 32.2. The van der Waals surface area contributed by atoms with Crippen molar-refractivity contribution < 1.29 is 23.9 Å². The number of hydrogen-bond acceptors (Lipinski definition) is 7. The van der Waals surface area contributed by atoms with E-state index < -0.39 is 23.9 Å². The molecule has 11 heteroatoms. The zero-order valence-corrected chi connectivity index (χ0v) is 27.0. The van der Waals surface area contributed by atoms with E-state index in [4.69, 9.17) is 9.47 Å². The van der Waals surface area contributed by atoms with E-state index in [1.54, 1.807) is 97.5 Å². The number of carbonyl (C=O) groups is 3. The van der Waals surface area contributed by atoms with Crippen LogP contribution in [0.1, 0.15) is 34.6 Å². The average molecular weight is 651 g/mol. The third-order valence-corrected chi connectivity index (χ3v) is 8.37. The first-order valence-corrected chi connectivity index (χ1v) is 15.9. The summed E-state index contributed by atoms with van der Waals surface area (Å²) in [6.45, 7) is 4.01. The number of nitrogens with one attached hydrogen (secondary N) is 2. The van der Waals surface area contributed by atoms with Gasteiger partial charge in [-0.05, 0) is 50.2 Å². The van der Waals surface area contributed by atoms with Gasteiger partial charge >= 0.3 is 5.97 Å². The monoisotopic (exact) mass is 650 g/mol. The first-order chi connectivity index (χ1) is 22.8. The maximum atomic E-state index is 13.6. The summed E-state index contributed by atoms with van der Waals surface area (Å²) in [6, 6.07) is 31.6. The number of anilines is 2. The quantitative estimate of drug-likeness (QED) is 0.123. The number of hydrogen-bond donors (Lipinski definition) is 2. The minimum atomic E-state index is -1.27. The van der Waals surface area contributed by atoms with E-state index in [2.05, 4.69) is 10.6 Å². The summed E-state index contributed by atoms with van der Waals surface area (Å²) in [5, 5.41) is 5.57. The molecule has 4 aromatic carbocycles. The second-order valence-corrected chi connectivity index (χ2v) is 11.4. The molecule has 0 spiro atoms. The van der Waals surface area contributed by atoms with Crippen LogP contribution >= 0.6 is 11.8 Å². The molecule has 0 saturated carbocycles. The molecule has 2 amide bonds. The molecule has 1 aromatic heterocycles. The fourth-order valence-corrected chi connectivity index (χ4v) is 5.75. The van der Waals surface area contributed by atoms with Crippen molar-refractivity contribution in [2.24, 2.45) is 7.05 Å². The van der Waals surface area contributed by atoms with Crippen LogP contribution in [0.15, 0.2) is 119 Å². The van der Waals surface area contributed by atoms with Crippen LogP contribution in [0.25, 0.3) is 5.69 Å². The van der Waals surface area contributed by atoms with E-state index in [0.29, 0.717) is 39.9 Å². The molecule has 1 atom stereocenters. The molecular weight excluding hydrogens is 616 g/mol. The number of ether oxygens (including phenoxy) is 2. The number of rotatable bonds is 12. The molecule has 0 fully saturated rings. The Balaban J connectivity index is 1.31. The average Bonchev–Trinajstić information content (AvgIpc) is 3.30. The van der Waals surface area contributed by atoms with E-state index in [9.17, 15) is 19.2 Å². The Morgan fingerprint density at radius 2 is 1.47 bits per heavy atom. The summed E-state index contributed by atoms with van der Waals surface area (Å²) in [4.78, 5) is 53.9. The summed E-state index contributed by atoms with van der Waals surface area (Å²) in [6.07, 6.45) is -1.27. The molecule has 0 aliphatic heterocycles. The van der Waals surface area contributed by atoms with Crippen LogP contribution < -0.4 is 20.9 Å². The summed E-state index contributed by atoms with van der Waals surface area (Å²) in [5.41, 5.74) is 2.21. The van der Waals surface area contributed by atoms with Gasteiger partial charge in [-0.25, -0.2) is 9.48 Å². The lowest BCUT2D eigenvalue weighted by Crippen LogP contribution is -2.26. The van der Waals surface area contributed by atoms with Gasteiger partial charge in [-0.1, -0.05) is 72.8 Å².